The Hall–Kier alpha value is -2.49. The molecule has 3 aromatic rings. The number of nitrogens with zero attached hydrogens (tertiary/aromatic N) is 2. The molecular weight excluding hydrogens is 228 g/mol. The number of pyridine rings is 1. The Morgan fingerprint density at radius 1 is 1.17 bits per heavy atom. The SMILES string of the molecule is Oc1cccc(OCc2cn3ccccc3n2)c1. The lowest BCUT2D eigenvalue weighted by molar-refractivity contribution is 0.300. The van der Waals surface area contributed by atoms with Gasteiger partial charge in [0, 0.05) is 18.5 Å². The van der Waals surface area contributed by atoms with Crippen LogP contribution >= 0.6 is 0 Å². The summed E-state index contributed by atoms with van der Waals surface area (Å²) in [4.78, 5) is 4.43. The van der Waals surface area contributed by atoms with Crippen molar-refractivity contribution >= 4 is 5.65 Å². The van der Waals surface area contributed by atoms with Crippen molar-refractivity contribution in [3.05, 3.63) is 60.6 Å². The van der Waals surface area contributed by atoms with Crippen molar-refractivity contribution in [3.8, 4) is 11.5 Å². The van der Waals surface area contributed by atoms with Gasteiger partial charge in [0.25, 0.3) is 0 Å². The number of ether oxygens (including phenoxy) is 1. The Kier molecular flexibility index (Phi) is 2.61. The van der Waals surface area contributed by atoms with Crippen LogP contribution in [0.2, 0.25) is 0 Å². The normalized spacial score (nSPS) is 10.7. The van der Waals surface area contributed by atoms with Gasteiger partial charge in [-0.2, -0.15) is 0 Å². The highest BCUT2D eigenvalue weighted by atomic mass is 16.5. The summed E-state index contributed by atoms with van der Waals surface area (Å²) in [5.74, 6) is 0.828. The van der Waals surface area contributed by atoms with Crippen LogP contribution in [0.15, 0.2) is 54.9 Å². The highest BCUT2D eigenvalue weighted by Gasteiger charge is 2.02. The number of hydrogen-bond donors (Lipinski definition) is 1. The number of benzene rings is 1. The molecule has 0 saturated carbocycles. The zero-order chi connectivity index (χ0) is 12.4. The van der Waals surface area contributed by atoms with E-state index in [1.165, 1.54) is 0 Å². The van der Waals surface area contributed by atoms with E-state index < -0.39 is 0 Å². The summed E-state index contributed by atoms with van der Waals surface area (Å²) >= 11 is 0. The van der Waals surface area contributed by atoms with Crippen molar-refractivity contribution < 1.29 is 9.84 Å². The molecule has 0 aliphatic rings. The van der Waals surface area contributed by atoms with E-state index in [-0.39, 0.29) is 5.75 Å². The maximum absolute atomic E-state index is 9.32. The van der Waals surface area contributed by atoms with Crippen LogP contribution in [-0.2, 0) is 6.61 Å². The average Bonchev–Trinajstić information content (AvgIpc) is 2.79. The molecule has 0 atom stereocenters. The van der Waals surface area contributed by atoms with Gasteiger partial charge in [-0.3, -0.25) is 0 Å². The minimum absolute atomic E-state index is 0.197. The number of fused-ring (bicyclic) bond motifs is 1. The quantitative estimate of drug-likeness (QED) is 0.765. The van der Waals surface area contributed by atoms with Crippen molar-refractivity contribution in [3.63, 3.8) is 0 Å². The average molecular weight is 240 g/mol. The van der Waals surface area contributed by atoms with E-state index in [0.717, 1.165) is 11.3 Å². The van der Waals surface area contributed by atoms with E-state index in [1.54, 1.807) is 24.3 Å². The van der Waals surface area contributed by atoms with E-state index in [0.29, 0.717) is 12.4 Å². The fourth-order valence-corrected chi connectivity index (χ4v) is 1.79. The molecule has 0 radical (unpaired) electrons. The Balaban J connectivity index is 1.76. The first-order valence-electron chi connectivity index (χ1n) is 5.66. The zero-order valence-electron chi connectivity index (χ0n) is 9.65. The van der Waals surface area contributed by atoms with E-state index in [2.05, 4.69) is 4.98 Å². The zero-order valence-corrected chi connectivity index (χ0v) is 9.65. The minimum atomic E-state index is 0.197. The van der Waals surface area contributed by atoms with E-state index in [9.17, 15) is 5.11 Å². The first kappa shape index (κ1) is 10.7. The summed E-state index contributed by atoms with van der Waals surface area (Å²) in [5.41, 5.74) is 1.75. The Labute approximate surface area is 104 Å². The lowest BCUT2D eigenvalue weighted by Gasteiger charge is -2.03. The second kappa shape index (κ2) is 4.41. The molecule has 0 aliphatic carbocycles. The summed E-state index contributed by atoms with van der Waals surface area (Å²) in [6, 6.07) is 12.6. The van der Waals surface area contributed by atoms with Crippen LogP contribution in [0.3, 0.4) is 0 Å². The lowest BCUT2D eigenvalue weighted by Crippen LogP contribution is -1.95. The van der Waals surface area contributed by atoms with Gasteiger partial charge in [0.15, 0.2) is 0 Å². The number of phenols is 1. The maximum Gasteiger partial charge on any atom is 0.137 e. The summed E-state index contributed by atoms with van der Waals surface area (Å²) in [6.07, 6.45) is 3.87. The molecule has 0 fully saturated rings. The van der Waals surface area contributed by atoms with Gasteiger partial charge >= 0.3 is 0 Å². The van der Waals surface area contributed by atoms with Crippen LogP contribution in [0.4, 0.5) is 0 Å². The first-order chi connectivity index (χ1) is 8.81. The third-order valence-electron chi connectivity index (χ3n) is 2.62. The summed E-state index contributed by atoms with van der Waals surface area (Å²) in [7, 11) is 0. The number of rotatable bonds is 3. The third-order valence-corrected chi connectivity index (χ3v) is 2.62. The molecule has 1 aromatic carbocycles. The van der Waals surface area contributed by atoms with Crippen molar-refractivity contribution in [2.45, 2.75) is 6.61 Å². The number of hydrogen-bond acceptors (Lipinski definition) is 3. The Morgan fingerprint density at radius 2 is 2.11 bits per heavy atom. The van der Waals surface area contributed by atoms with Crippen molar-refractivity contribution in [1.82, 2.24) is 9.38 Å². The highest BCUT2D eigenvalue weighted by Crippen LogP contribution is 2.18. The van der Waals surface area contributed by atoms with Gasteiger partial charge in [-0.05, 0) is 24.3 Å². The minimum Gasteiger partial charge on any atom is -0.508 e. The van der Waals surface area contributed by atoms with Crippen LogP contribution in [0, 0.1) is 0 Å². The standard InChI is InChI=1S/C14H12N2O2/c17-12-4-3-5-13(8-12)18-10-11-9-16-7-2-1-6-14(16)15-11/h1-9,17H,10H2. The molecule has 0 unspecified atom stereocenters. The molecule has 90 valence electrons. The molecule has 3 rings (SSSR count). The number of phenolic OH excluding ortho intramolecular Hbond substituents is 1. The van der Waals surface area contributed by atoms with Gasteiger partial charge < -0.3 is 14.2 Å². The molecule has 4 nitrogen and oxygen atoms in total. The molecule has 4 heteroatoms. The topological polar surface area (TPSA) is 46.8 Å². The molecule has 18 heavy (non-hydrogen) atoms. The summed E-state index contributed by atoms with van der Waals surface area (Å²) < 4.78 is 7.51. The van der Waals surface area contributed by atoms with Crippen LogP contribution in [-0.4, -0.2) is 14.5 Å². The predicted molar refractivity (Wildman–Crippen MR) is 67.6 cm³/mol. The number of aromatic nitrogens is 2. The third kappa shape index (κ3) is 2.13. The van der Waals surface area contributed by atoms with Gasteiger partial charge in [-0.25, -0.2) is 4.98 Å². The van der Waals surface area contributed by atoms with Gasteiger partial charge in [0.2, 0.25) is 0 Å². The van der Waals surface area contributed by atoms with Crippen molar-refractivity contribution in [1.29, 1.82) is 0 Å². The molecule has 2 heterocycles. The summed E-state index contributed by atoms with van der Waals surface area (Å²) in [6.45, 7) is 0.380. The molecule has 0 amide bonds. The number of imidazole rings is 1. The predicted octanol–water partition coefficient (Wildman–Crippen LogP) is 2.62. The van der Waals surface area contributed by atoms with Crippen LogP contribution < -0.4 is 4.74 Å². The van der Waals surface area contributed by atoms with Gasteiger partial charge in [0.05, 0.1) is 5.69 Å². The van der Waals surface area contributed by atoms with Crippen molar-refractivity contribution in [2.24, 2.45) is 0 Å². The van der Waals surface area contributed by atoms with E-state index in [4.69, 9.17) is 4.74 Å². The Morgan fingerprint density at radius 3 is 2.94 bits per heavy atom. The molecule has 0 bridgehead atoms. The molecular formula is C14H12N2O2. The largest absolute Gasteiger partial charge is 0.508 e. The molecule has 0 aliphatic heterocycles. The van der Waals surface area contributed by atoms with Gasteiger partial charge in [0.1, 0.15) is 23.8 Å². The van der Waals surface area contributed by atoms with Crippen LogP contribution in [0.5, 0.6) is 11.5 Å². The monoisotopic (exact) mass is 240 g/mol. The fraction of sp³-hybridized carbons (Fsp3) is 0.0714. The van der Waals surface area contributed by atoms with Crippen LogP contribution in [0.1, 0.15) is 5.69 Å². The van der Waals surface area contributed by atoms with E-state index >= 15 is 0 Å². The smallest absolute Gasteiger partial charge is 0.137 e. The molecule has 0 spiro atoms. The molecule has 1 N–H and O–H groups in total. The molecule has 2 aromatic heterocycles. The summed E-state index contributed by atoms with van der Waals surface area (Å²) in [5, 5.41) is 9.32. The molecule has 0 saturated heterocycles. The van der Waals surface area contributed by atoms with Gasteiger partial charge in [-0.15, -0.1) is 0 Å². The maximum atomic E-state index is 9.32. The first-order valence-corrected chi connectivity index (χ1v) is 5.66. The van der Waals surface area contributed by atoms with Gasteiger partial charge in [-0.1, -0.05) is 12.1 Å². The highest BCUT2D eigenvalue weighted by molar-refractivity contribution is 5.39. The van der Waals surface area contributed by atoms with Crippen molar-refractivity contribution in [2.75, 3.05) is 0 Å². The second-order valence-electron chi connectivity index (χ2n) is 3.98. The number of aromatic hydroxyl groups is 1. The van der Waals surface area contributed by atoms with E-state index in [1.807, 2.05) is 35.0 Å². The van der Waals surface area contributed by atoms with Crippen LogP contribution in [0.25, 0.3) is 5.65 Å². The second-order valence-corrected chi connectivity index (χ2v) is 3.98. The lowest BCUT2D eigenvalue weighted by atomic mass is 10.3. The Bertz CT molecular complexity index is 643. The fourth-order valence-electron chi connectivity index (χ4n) is 1.79.